The van der Waals surface area contributed by atoms with Gasteiger partial charge < -0.3 is 18.8 Å². The van der Waals surface area contributed by atoms with Crippen molar-refractivity contribution < 1.29 is 14.2 Å². The Morgan fingerprint density at radius 3 is 2.16 bits per heavy atom. The molecule has 4 rings (SSSR count). The number of thiazole rings is 1. The molecule has 2 aromatic carbocycles. The second-order valence-corrected chi connectivity index (χ2v) is 8.29. The Morgan fingerprint density at radius 2 is 1.53 bits per heavy atom. The third kappa shape index (κ3) is 4.87. The van der Waals surface area contributed by atoms with Crippen molar-refractivity contribution in [1.29, 1.82) is 0 Å². The summed E-state index contributed by atoms with van der Waals surface area (Å²) in [5.74, 6) is 1.67. The van der Waals surface area contributed by atoms with Gasteiger partial charge in [-0.3, -0.25) is 0 Å². The SMILES string of the molecule is CCOCCCn1cccc1-c1nc(-c2ccc(OC)cc2)c(-c2ccc(OC)cc2)s1. The van der Waals surface area contributed by atoms with Crippen molar-refractivity contribution in [3.8, 4) is 43.9 Å². The number of hydrogen-bond donors (Lipinski definition) is 0. The predicted octanol–water partition coefficient (Wildman–Crippen LogP) is 6.39. The van der Waals surface area contributed by atoms with Crippen molar-refractivity contribution in [1.82, 2.24) is 9.55 Å². The molecule has 4 aromatic rings. The smallest absolute Gasteiger partial charge is 0.141 e. The molecule has 6 heteroatoms. The number of aromatic nitrogens is 2. The van der Waals surface area contributed by atoms with Crippen LogP contribution in [0.4, 0.5) is 0 Å². The summed E-state index contributed by atoms with van der Waals surface area (Å²) in [7, 11) is 3.36. The average Bonchev–Trinajstić information content (AvgIpc) is 3.49. The van der Waals surface area contributed by atoms with Crippen LogP contribution in [-0.2, 0) is 11.3 Å². The zero-order valence-corrected chi connectivity index (χ0v) is 19.5. The molecule has 0 N–H and O–H groups in total. The number of aryl methyl sites for hydroxylation is 1. The Kier molecular flexibility index (Phi) is 7.24. The molecule has 0 aliphatic rings. The van der Waals surface area contributed by atoms with E-state index in [1.165, 1.54) is 0 Å². The maximum absolute atomic E-state index is 5.51. The second-order valence-electron chi connectivity index (χ2n) is 7.29. The topological polar surface area (TPSA) is 45.5 Å². The van der Waals surface area contributed by atoms with Gasteiger partial charge in [0.05, 0.1) is 30.5 Å². The van der Waals surface area contributed by atoms with E-state index in [1.54, 1.807) is 25.6 Å². The second kappa shape index (κ2) is 10.5. The summed E-state index contributed by atoms with van der Waals surface area (Å²) < 4.78 is 18.4. The molecule has 2 heterocycles. The van der Waals surface area contributed by atoms with Crippen LogP contribution >= 0.6 is 11.3 Å². The van der Waals surface area contributed by atoms with Crippen LogP contribution in [0.5, 0.6) is 11.5 Å². The molecule has 0 amide bonds. The highest BCUT2D eigenvalue weighted by molar-refractivity contribution is 7.18. The molecule has 0 saturated heterocycles. The van der Waals surface area contributed by atoms with Gasteiger partial charge in [0.15, 0.2) is 0 Å². The summed E-state index contributed by atoms with van der Waals surface area (Å²) in [4.78, 5) is 6.23. The number of methoxy groups -OCH3 is 2. The van der Waals surface area contributed by atoms with Crippen LogP contribution in [0, 0.1) is 0 Å². The summed E-state index contributed by atoms with van der Waals surface area (Å²) in [5.41, 5.74) is 4.28. The van der Waals surface area contributed by atoms with E-state index in [0.29, 0.717) is 0 Å². The van der Waals surface area contributed by atoms with Gasteiger partial charge in [0.25, 0.3) is 0 Å². The lowest BCUT2D eigenvalue weighted by Crippen LogP contribution is -2.03. The maximum atomic E-state index is 5.51. The fourth-order valence-corrected chi connectivity index (χ4v) is 4.73. The minimum Gasteiger partial charge on any atom is -0.497 e. The van der Waals surface area contributed by atoms with Gasteiger partial charge in [-0.15, -0.1) is 11.3 Å². The van der Waals surface area contributed by atoms with Gasteiger partial charge in [0.1, 0.15) is 16.5 Å². The van der Waals surface area contributed by atoms with Crippen molar-refractivity contribution in [2.24, 2.45) is 0 Å². The Balaban J connectivity index is 1.73. The summed E-state index contributed by atoms with van der Waals surface area (Å²) in [6.45, 7) is 4.44. The summed E-state index contributed by atoms with van der Waals surface area (Å²) >= 11 is 1.71. The van der Waals surface area contributed by atoms with Crippen LogP contribution in [0.2, 0.25) is 0 Å². The lowest BCUT2D eigenvalue weighted by molar-refractivity contribution is 0.142. The monoisotopic (exact) mass is 448 g/mol. The van der Waals surface area contributed by atoms with E-state index in [9.17, 15) is 0 Å². The summed E-state index contributed by atoms with van der Waals surface area (Å²) in [6.07, 6.45) is 3.08. The zero-order valence-electron chi connectivity index (χ0n) is 18.7. The quantitative estimate of drug-likeness (QED) is 0.264. The van der Waals surface area contributed by atoms with E-state index in [4.69, 9.17) is 19.2 Å². The number of rotatable bonds is 10. The highest BCUT2D eigenvalue weighted by atomic mass is 32.1. The van der Waals surface area contributed by atoms with Crippen molar-refractivity contribution in [3.05, 3.63) is 66.9 Å². The van der Waals surface area contributed by atoms with E-state index in [2.05, 4.69) is 47.2 Å². The zero-order chi connectivity index (χ0) is 22.3. The third-order valence-electron chi connectivity index (χ3n) is 5.28. The molecule has 2 aromatic heterocycles. The van der Waals surface area contributed by atoms with Crippen molar-refractivity contribution in [3.63, 3.8) is 0 Å². The molecule has 0 atom stereocenters. The lowest BCUT2D eigenvalue weighted by Gasteiger charge is -2.07. The fourth-order valence-electron chi connectivity index (χ4n) is 3.60. The predicted molar refractivity (Wildman–Crippen MR) is 131 cm³/mol. The van der Waals surface area contributed by atoms with Crippen LogP contribution in [-0.4, -0.2) is 37.0 Å². The normalized spacial score (nSPS) is 11.0. The number of hydrogen-bond acceptors (Lipinski definition) is 5. The standard InChI is InChI=1S/C26H28N2O3S/c1-4-31-18-6-17-28-16-5-7-23(28)26-27-24(19-8-12-21(29-2)13-9-19)25(32-26)20-10-14-22(30-3)15-11-20/h5,7-16H,4,6,17-18H2,1-3H3. The molecule has 0 spiro atoms. The third-order valence-corrected chi connectivity index (χ3v) is 6.41. The van der Waals surface area contributed by atoms with E-state index < -0.39 is 0 Å². The molecule has 0 saturated carbocycles. The number of nitrogens with zero attached hydrogens (tertiary/aromatic N) is 2. The van der Waals surface area contributed by atoms with Gasteiger partial charge >= 0.3 is 0 Å². The van der Waals surface area contributed by atoms with Crippen molar-refractivity contribution >= 4 is 11.3 Å². The van der Waals surface area contributed by atoms with Gasteiger partial charge in [-0.25, -0.2) is 4.98 Å². The van der Waals surface area contributed by atoms with Crippen molar-refractivity contribution in [2.75, 3.05) is 27.4 Å². The Morgan fingerprint density at radius 1 is 0.875 bits per heavy atom. The van der Waals surface area contributed by atoms with E-state index in [-0.39, 0.29) is 0 Å². The maximum Gasteiger partial charge on any atom is 0.141 e. The Hall–Kier alpha value is -3.09. The fraction of sp³-hybridized carbons (Fsp3) is 0.269. The average molecular weight is 449 g/mol. The molecule has 0 radical (unpaired) electrons. The van der Waals surface area contributed by atoms with Crippen LogP contribution in [0.25, 0.3) is 32.4 Å². The molecule has 0 unspecified atom stereocenters. The summed E-state index contributed by atoms with van der Waals surface area (Å²) in [5, 5.41) is 1.00. The van der Waals surface area contributed by atoms with Crippen LogP contribution in [0.15, 0.2) is 66.9 Å². The molecule has 0 aliphatic carbocycles. The molecule has 0 aliphatic heterocycles. The summed E-state index contributed by atoms with van der Waals surface area (Å²) in [6, 6.07) is 20.4. The molecule has 0 bridgehead atoms. The number of benzene rings is 2. The Bertz CT molecular complexity index is 1070. The molecular formula is C26H28N2O3S. The molecule has 166 valence electrons. The van der Waals surface area contributed by atoms with Gasteiger partial charge in [-0.1, -0.05) is 0 Å². The first-order valence-corrected chi connectivity index (χ1v) is 11.6. The first-order valence-electron chi connectivity index (χ1n) is 10.8. The first kappa shape index (κ1) is 22.1. The van der Waals surface area contributed by atoms with E-state index >= 15 is 0 Å². The van der Waals surface area contributed by atoms with Gasteiger partial charge in [-0.05, 0) is 79.6 Å². The van der Waals surface area contributed by atoms with Crippen LogP contribution in [0.3, 0.4) is 0 Å². The molecule has 32 heavy (non-hydrogen) atoms. The van der Waals surface area contributed by atoms with Crippen LogP contribution in [0.1, 0.15) is 13.3 Å². The van der Waals surface area contributed by atoms with Gasteiger partial charge in [-0.2, -0.15) is 0 Å². The van der Waals surface area contributed by atoms with E-state index in [1.807, 2.05) is 31.2 Å². The van der Waals surface area contributed by atoms with Gasteiger partial charge in [0, 0.05) is 31.5 Å². The lowest BCUT2D eigenvalue weighted by atomic mass is 10.1. The molecule has 0 fully saturated rings. The molecular weight excluding hydrogens is 420 g/mol. The largest absolute Gasteiger partial charge is 0.497 e. The minimum absolute atomic E-state index is 0.751. The van der Waals surface area contributed by atoms with E-state index in [0.717, 1.165) is 70.1 Å². The number of ether oxygens (including phenoxy) is 3. The first-order chi connectivity index (χ1) is 15.7. The van der Waals surface area contributed by atoms with Gasteiger partial charge in [0.2, 0.25) is 0 Å². The van der Waals surface area contributed by atoms with Crippen LogP contribution < -0.4 is 9.47 Å². The highest BCUT2D eigenvalue weighted by Crippen LogP contribution is 2.41. The highest BCUT2D eigenvalue weighted by Gasteiger charge is 2.18. The molecule has 5 nitrogen and oxygen atoms in total. The Labute approximate surface area is 193 Å². The minimum atomic E-state index is 0.751. The van der Waals surface area contributed by atoms with Crippen molar-refractivity contribution in [2.45, 2.75) is 19.9 Å².